The van der Waals surface area contributed by atoms with Crippen LogP contribution in [0.3, 0.4) is 0 Å². The van der Waals surface area contributed by atoms with Gasteiger partial charge in [-0.2, -0.15) is 0 Å². The molecule has 11 heteroatoms. The molecule has 3 aromatic rings. The van der Waals surface area contributed by atoms with Crippen LogP contribution in [0.1, 0.15) is 22.5 Å². The van der Waals surface area contributed by atoms with E-state index in [0.717, 1.165) is 16.0 Å². The number of carbonyl (C=O) groups excluding carboxylic acids is 3. The summed E-state index contributed by atoms with van der Waals surface area (Å²) in [7, 11) is 0. The highest BCUT2D eigenvalue weighted by Gasteiger charge is 2.36. The molecule has 0 unspecified atom stereocenters. The molecule has 1 aliphatic rings. The Morgan fingerprint density at radius 1 is 1.14 bits per heavy atom. The fraction of sp³-hybridized carbons (Fsp3) is 0.160. The number of furan rings is 1. The first-order valence-corrected chi connectivity index (χ1v) is 11.9. The van der Waals surface area contributed by atoms with Crippen molar-refractivity contribution in [2.75, 3.05) is 11.9 Å². The standard InChI is InChI=1S/C25H20ClN3O6S/c1-13-4-5-17(10-19(13)26)27-23(30)12-28-24(31)22(36-25(28)32)11-18-6-7-21(35-18)16-8-14(2)15(3)20(9-16)29(33)34/h4-11H,12H2,1-3H3,(H,27,30)/b22-11+. The fourth-order valence-electron chi connectivity index (χ4n) is 3.54. The highest BCUT2D eigenvalue weighted by Crippen LogP contribution is 2.35. The van der Waals surface area contributed by atoms with E-state index in [1.165, 1.54) is 12.1 Å². The highest BCUT2D eigenvalue weighted by molar-refractivity contribution is 8.18. The number of thioether (sulfide) groups is 1. The molecule has 0 aliphatic carbocycles. The number of nitrogens with one attached hydrogen (secondary N) is 1. The number of benzene rings is 2. The van der Waals surface area contributed by atoms with Gasteiger partial charge < -0.3 is 9.73 Å². The zero-order valence-electron chi connectivity index (χ0n) is 19.5. The van der Waals surface area contributed by atoms with Crippen LogP contribution in [-0.4, -0.2) is 33.4 Å². The Hall–Kier alpha value is -3.89. The Balaban J connectivity index is 1.49. The first-order valence-electron chi connectivity index (χ1n) is 10.7. The van der Waals surface area contributed by atoms with Crippen molar-refractivity contribution < 1.29 is 23.7 Å². The molecule has 0 bridgehead atoms. The maximum atomic E-state index is 12.8. The molecule has 0 radical (unpaired) electrons. The minimum Gasteiger partial charge on any atom is -0.457 e. The van der Waals surface area contributed by atoms with Gasteiger partial charge in [0, 0.05) is 34.0 Å². The van der Waals surface area contributed by atoms with Crippen LogP contribution < -0.4 is 5.32 Å². The van der Waals surface area contributed by atoms with E-state index in [1.54, 1.807) is 50.2 Å². The summed E-state index contributed by atoms with van der Waals surface area (Å²) in [6.45, 7) is 4.82. The molecule has 2 aromatic carbocycles. The molecule has 4 rings (SSSR count). The zero-order valence-corrected chi connectivity index (χ0v) is 21.0. The normalized spacial score (nSPS) is 14.6. The fourth-order valence-corrected chi connectivity index (χ4v) is 4.54. The molecule has 2 heterocycles. The van der Waals surface area contributed by atoms with Crippen LogP contribution in [0.4, 0.5) is 16.2 Å². The molecule has 1 fully saturated rings. The van der Waals surface area contributed by atoms with E-state index >= 15 is 0 Å². The third-order valence-corrected chi connectivity index (χ3v) is 6.97. The van der Waals surface area contributed by atoms with Crippen molar-refractivity contribution in [2.24, 2.45) is 0 Å². The number of amides is 3. The van der Waals surface area contributed by atoms with Gasteiger partial charge >= 0.3 is 0 Å². The quantitative estimate of drug-likeness (QED) is 0.234. The van der Waals surface area contributed by atoms with Gasteiger partial charge in [-0.15, -0.1) is 0 Å². The van der Waals surface area contributed by atoms with Gasteiger partial charge in [-0.25, -0.2) is 0 Å². The van der Waals surface area contributed by atoms with Crippen LogP contribution in [0.25, 0.3) is 17.4 Å². The first kappa shape index (κ1) is 25.2. The lowest BCUT2D eigenvalue weighted by molar-refractivity contribution is -0.385. The van der Waals surface area contributed by atoms with E-state index in [9.17, 15) is 24.5 Å². The Bertz CT molecular complexity index is 1460. The van der Waals surface area contributed by atoms with Crippen LogP contribution >= 0.6 is 23.4 Å². The summed E-state index contributed by atoms with van der Waals surface area (Å²) in [6, 6.07) is 11.4. The smallest absolute Gasteiger partial charge is 0.294 e. The predicted octanol–water partition coefficient (Wildman–Crippen LogP) is 6.11. The molecular weight excluding hydrogens is 506 g/mol. The number of imide groups is 1. The molecule has 1 aromatic heterocycles. The molecule has 0 spiro atoms. The summed E-state index contributed by atoms with van der Waals surface area (Å²) in [5, 5.41) is 13.9. The minimum absolute atomic E-state index is 0.0183. The summed E-state index contributed by atoms with van der Waals surface area (Å²) in [6.07, 6.45) is 1.40. The third kappa shape index (κ3) is 5.19. The summed E-state index contributed by atoms with van der Waals surface area (Å²) in [4.78, 5) is 49.4. The number of rotatable bonds is 6. The monoisotopic (exact) mass is 525 g/mol. The first-order chi connectivity index (χ1) is 17.0. The van der Waals surface area contributed by atoms with Crippen molar-refractivity contribution in [3.63, 3.8) is 0 Å². The highest BCUT2D eigenvalue weighted by atomic mass is 35.5. The molecule has 1 saturated heterocycles. The van der Waals surface area contributed by atoms with Crippen LogP contribution in [0.2, 0.25) is 5.02 Å². The van der Waals surface area contributed by atoms with Crippen molar-refractivity contribution in [2.45, 2.75) is 20.8 Å². The van der Waals surface area contributed by atoms with Gasteiger partial charge in [0.05, 0.1) is 9.83 Å². The van der Waals surface area contributed by atoms with Crippen molar-refractivity contribution in [1.82, 2.24) is 4.90 Å². The van der Waals surface area contributed by atoms with Crippen LogP contribution in [0.15, 0.2) is 51.8 Å². The van der Waals surface area contributed by atoms with Crippen molar-refractivity contribution >= 4 is 57.9 Å². The molecular formula is C25H20ClN3O6S. The number of carbonyl (C=O) groups is 3. The minimum atomic E-state index is -0.623. The largest absolute Gasteiger partial charge is 0.457 e. The topological polar surface area (TPSA) is 123 Å². The second-order valence-corrected chi connectivity index (χ2v) is 9.58. The lowest BCUT2D eigenvalue weighted by Crippen LogP contribution is -2.36. The summed E-state index contributed by atoms with van der Waals surface area (Å²) in [5.74, 6) is -0.505. The van der Waals surface area contributed by atoms with Crippen LogP contribution in [0, 0.1) is 30.9 Å². The van der Waals surface area contributed by atoms with Crippen molar-refractivity contribution in [3.8, 4) is 11.3 Å². The Morgan fingerprint density at radius 2 is 1.89 bits per heavy atom. The van der Waals surface area contributed by atoms with E-state index in [0.29, 0.717) is 39.4 Å². The number of aryl methyl sites for hydroxylation is 2. The molecule has 36 heavy (non-hydrogen) atoms. The summed E-state index contributed by atoms with van der Waals surface area (Å²) in [5.41, 5.74) is 3.11. The van der Waals surface area contributed by atoms with Gasteiger partial charge in [0.25, 0.3) is 16.8 Å². The maximum Gasteiger partial charge on any atom is 0.294 e. The number of halogens is 1. The molecule has 1 N–H and O–H groups in total. The van der Waals surface area contributed by atoms with E-state index in [4.69, 9.17) is 16.0 Å². The lowest BCUT2D eigenvalue weighted by Gasteiger charge is -2.12. The molecule has 184 valence electrons. The molecule has 9 nitrogen and oxygen atoms in total. The predicted molar refractivity (Wildman–Crippen MR) is 138 cm³/mol. The Morgan fingerprint density at radius 3 is 2.58 bits per heavy atom. The Kier molecular flexibility index (Phi) is 7.00. The summed E-state index contributed by atoms with van der Waals surface area (Å²) >= 11 is 6.76. The second-order valence-electron chi connectivity index (χ2n) is 8.18. The number of hydrogen-bond donors (Lipinski definition) is 1. The average molecular weight is 526 g/mol. The van der Waals surface area contributed by atoms with Gasteiger partial charge in [0.1, 0.15) is 18.1 Å². The van der Waals surface area contributed by atoms with Gasteiger partial charge in [0.2, 0.25) is 5.91 Å². The lowest BCUT2D eigenvalue weighted by atomic mass is 10.0. The van der Waals surface area contributed by atoms with Gasteiger partial charge in [-0.05, 0) is 74.0 Å². The van der Waals surface area contributed by atoms with Crippen LogP contribution in [0.5, 0.6) is 0 Å². The van der Waals surface area contributed by atoms with Gasteiger partial charge in [0.15, 0.2) is 0 Å². The number of nitrogens with zero attached hydrogens (tertiary/aromatic N) is 2. The number of nitro groups is 1. The molecule has 3 amide bonds. The van der Waals surface area contributed by atoms with E-state index in [2.05, 4.69) is 5.32 Å². The zero-order chi connectivity index (χ0) is 26.1. The average Bonchev–Trinajstić information content (AvgIpc) is 3.38. The van der Waals surface area contributed by atoms with E-state index < -0.39 is 28.5 Å². The number of anilines is 1. The van der Waals surface area contributed by atoms with E-state index in [-0.39, 0.29) is 16.4 Å². The van der Waals surface area contributed by atoms with Crippen molar-refractivity contribution in [1.29, 1.82) is 0 Å². The molecule has 0 atom stereocenters. The van der Waals surface area contributed by atoms with Gasteiger partial charge in [-0.3, -0.25) is 29.4 Å². The van der Waals surface area contributed by atoms with Crippen molar-refractivity contribution in [3.05, 3.63) is 85.0 Å². The number of nitro benzene ring substituents is 1. The Labute approximate surface area is 215 Å². The SMILES string of the molecule is Cc1ccc(NC(=O)CN2C(=O)S/C(=C/c3ccc(-c4cc(C)c(C)c([N+](=O)[O-])c4)o3)C2=O)cc1Cl. The van der Waals surface area contributed by atoms with E-state index in [1.807, 2.05) is 6.92 Å². The number of hydrogen-bond acceptors (Lipinski definition) is 7. The van der Waals surface area contributed by atoms with Crippen LogP contribution in [-0.2, 0) is 9.59 Å². The third-order valence-electron chi connectivity index (χ3n) is 5.65. The molecule has 0 saturated carbocycles. The summed E-state index contributed by atoms with van der Waals surface area (Å²) < 4.78 is 5.77. The molecule has 1 aliphatic heterocycles. The van der Waals surface area contributed by atoms with Gasteiger partial charge in [-0.1, -0.05) is 17.7 Å². The second kappa shape index (κ2) is 10.00. The maximum absolute atomic E-state index is 12.8.